The number of para-hydroxylation sites is 1. The molecule has 3 fully saturated rings. The molecule has 9 rings (SSSR count). The fraction of sp³-hybridized carbons (Fsp3) is 0.581. The van der Waals surface area contributed by atoms with Crippen molar-refractivity contribution < 1.29 is 34.4 Å². The van der Waals surface area contributed by atoms with Crippen molar-refractivity contribution in [1.82, 2.24) is 20.2 Å². The molecule has 3 aromatic rings. The van der Waals surface area contributed by atoms with Crippen molar-refractivity contribution in [2.24, 2.45) is 17.2 Å². The van der Waals surface area contributed by atoms with Crippen molar-refractivity contribution in [3.05, 3.63) is 70.9 Å². The number of amides is 1. The van der Waals surface area contributed by atoms with Crippen LogP contribution in [-0.4, -0.2) is 125 Å². The SMILES string of the molecule is CCC1(O)C[C@H]2CN(CCc3c([nH]c4ccccc34)[C@@](C(=O)OC)(c3cc4c(cc3OC)N(C)C3[C@]45CCN4CC=C[C@](CC)(C45)[C@@H](O)[C@]3(O)C(=O)NN)C2)C1. The maximum atomic E-state index is 15.2. The summed E-state index contributed by atoms with van der Waals surface area (Å²) < 4.78 is 12.2. The van der Waals surface area contributed by atoms with Crippen LogP contribution in [0, 0.1) is 11.3 Å². The first kappa shape index (κ1) is 37.6. The van der Waals surface area contributed by atoms with Crippen LogP contribution < -0.4 is 20.9 Å². The van der Waals surface area contributed by atoms with Crippen molar-refractivity contribution in [3.63, 3.8) is 0 Å². The van der Waals surface area contributed by atoms with Crippen molar-refractivity contribution in [2.45, 2.75) is 92.6 Å². The third-order valence-corrected chi connectivity index (χ3v) is 15.3. The van der Waals surface area contributed by atoms with Crippen LogP contribution in [0.3, 0.4) is 0 Å². The van der Waals surface area contributed by atoms with Gasteiger partial charge in [-0.05, 0) is 74.2 Å². The van der Waals surface area contributed by atoms with Gasteiger partial charge in [0.15, 0.2) is 5.60 Å². The van der Waals surface area contributed by atoms with Gasteiger partial charge in [0.05, 0.1) is 25.9 Å². The Morgan fingerprint density at radius 3 is 2.55 bits per heavy atom. The maximum absolute atomic E-state index is 15.2. The molecular weight excluding hydrogens is 713 g/mol. The lowest BCUT2D eigenvalue weighted by atomic mass is 9.47. The Morgan fingerprint density at radius 1 is 1.05 bits per heavy atom. The number of nitrogens with two attached hydrogens (primary N) is 1. The average Bonchev–Trinajstić information content (AvgIpc) is 3.87. The minimum Gasteiger partial charge on any atom is -0.496 e. The Bertz CT molecular complexity index is 2140. The minimum absolute atomic E-state index is 0.0851. The number of likely N-dealkylation sites (N-methyl/N-ethyl adjacent to an activating group) is 1. The molecule has 1 aromatic heterocycles. The molecule has 1 saturated carbocycles. The van der Waals surface area contributed by atoms with Crippen molar-refractivity contribution >= 4 is 28.5 Å². The van der Waals surface area contributed by atoms with Gasteiger partial charge < -0.3 is 34.7 Å². The summed E-state index contributed by atoms with van der Waals surface area (Å²) in [4.78, 5) is 39.7. The summed E-state index contributed by atoms with van der Waals surface area (Å²) in [7, 11) is 4.89. The second-order valence-electron chi connectivity index (χ2n) is 17.6. The van der Waals surface area contributed by atoms with Gasteiger partial charge in [0, 0.05) is 84.0 Å². The van der Waals surface area contributed by atoms with E-state index in [4.69, 9.17) is 15.3 Å². The molecule has 1 aliphatic carbocycles. The number of H-pyrrole nitrogens is 1. The first-order chi connectivity index (χ1) is 26.8. The molecule has 4 unspecified atom stereocenters. The Hall–Kier alpha value is -3.98. The Balaban J connectivity index is 1.36. The first-order valence-electron chi connectivity index (χ1n) is 20.3. The monoisotopic (exact) mass is 768 g/mol. The topological polar surface area (TPSA) is 177 Å². The number of carbonyl (C=O) groups is 2. The number of aromatic nitrogens is 1. The third-order valence-electron chi connectivity index (χ3n) is 15.3. The van der Waals surface area contributed by atoms with Gasteiger partial charge in [-0.2, -0.15) is 0 Å². The highest BCUT2D eigenvalue weighted by molar-refractivity contribution is 5.95. The van der Waals surface area contributed by atoms with E-state index < -0.39 is 51.5 Å². The number of hydrazine groups is 1. The number of anilines is 1. The zero-order chi connectivity index (χ0) is 39.6. The number of benzene rings is 2. The number of hydrogen-bond donors (Lipinski definition) is 6. The summed E-state index contributed by atoms with van der Waals surface area (Å²) in [5.74, 6) is 4.94. The predicted molar refractivity (Wildman–Crippen MR) is 211 cm³/mol. The number of nitrogens with zero attached hydrogens (tertiary/aromatic N) is 3. The van der Waals surface area contributed by atoms with Crippen LogP contribution in [0.25, 0.3) is 10.9 Å². The lowest BCUT2D eigenvalue weighted by Crippen LogP contribution is -2.82. The molecule has 0 radical (unpaired) electrons. The molecule has 10 atom stereocenters. The zero-order valence-electron chi connectivity index (χ0n) is 33.1. The number of aliphatic hydroxyl groups is 3. The molecule has 13 heteroatoms. The fourth-order valence-electron chi connectivity index (χ4n) is 13.1. The minimum atomic E-state index is -2.31. The van der Waals surface area contributed by atoms with Crippen molar-refractivity contribution in [2.75, 3.05) is 58.9 Å². The molecule has 7 N–H and O–H groups in total. The Labute approximate surface area is 327 Å². The summed E-state index contributed by atoms with van der Waals surface area (Å²) in [6.45, 7) is 7.36. The molecule has 6 heterocycles. The number of ether oxygens (including phenoxy) is 2. The summed E-state index contributed by atoms with van der Waals surface area (Å²) in [6, 6.07) is 11.0. The number of piperidine rings is 1. The van der Waals surface area contributed by atoms with Gasteiger partial charge in [0.2, 0.25) is 0 Å². The third kappa shape index (κ3) is 4.58. The highest BCUT2D eigenvalue weighted by Gasteiger charge is 2.78. The largest absolute Gasteiger partial charge is 0.496 e. The highest BCUT2D eigenvalue weighted by Crippen LogP contribution is 2.67. The van der Waals surface area contributed by atoms with Crippen LogP contribution in [0.4, 0.5) is 5.69 Å². The lowest BCUT2D eigenvalue weighted by Gasteiger charge is -2.63. The molecule has 6 aliphatic rings. The van der Waals surface area contributed by atoms with Gasteiger partial charge in [0.1, 0.15) is 17.3 Å². The molecule has 5 aliphatic heterocycles. The number of aromatic amines is 1. The number of methoxy groups -OCH3 is 2. The van der Waals surface area contributed by atoms with Gasteiger partial charge in [-0.15, -0.1) is 0 Å². The molecule has 1 amide bonds. The van der Waals surface area contributed by atoms with E-state index in [1.165, 1.54) is 7.11 Å². The molecule has 1 spiro atoms. The van der Waals surface area contributed by atoms with Crippen LogP contribution in [0.5, 0.6) is 5.75 Å². The number of nitrogens with one attached hydrogen (secondary N) is 2. The van der Waals surface area contributed by atoms with Crippen LogP contribution in [0.2, 0.25) is 0 Å². The summed E-state index contributed by atoms with van der Waals surface area (Å²) in [5.41, 5.74) is 0.683. The lowest BCUT2D eigenvalue weighted by molar-refractivity contribution is -0.203. The standard InChI is InChI=1S/C43H56N6O7/c1-6-39(53)21-25-22-42(38(52)56-5,33-27(13-17-48(23-25)24-39)26-11-8-9-12-30(26)45-33)29-19-28-31(20-32(29)55-4)47(3)35-41(28)15-18-49-16-10-14-40(7-2,34(41)49)36(50)43(35,54)37(51)46-44/h8-12,14,19-20,25,34-36,45,50,53-54H,6-7,13,15-18,21-24,44H2,1-5H3,(H,46,51)/t25-,34?,35?,36-,39?,40-,41-,42+,43+/m1/s1. The van der Waals surface area contributed by atoms with E-state index in [1.807, 2.05) is 62.2 Å². The molecule has 300 valence electrons. The predicted octanol–water partition coefficient (Wildman–Crippen LogP) is 2.24. The number of rotatable bonds is 6. The average molecular weight is 769 g/mol. The Morgan fingerprint density at radius 2 is 1.84 bits per heavy atom. The molecule has 56 heavy (non-hydrogen) atoms. The molecular formula is C43H56N6O7. The van der Waals surface area contributed by atoms with Gasteiger partial charge in [0.25, 0.3) is 5.91 Å². The van der Waals surface area contributed by atoms with E-state index in [9.17, 15) is 20.1 Å². The van der Waals surface area contributed by atoms with Crippen LogP contribution in [0.15, 0.2) is 48.6 Å². The zero-order valence-corrected chi connectivity index (χ0v) is 33.1. The fourth-order valence-corrected chi connectivity index (χ4v) is 13.1. The van der Waals surface area contributed by atoms with Crippen LogP contribution >= 0.6 is 0 Å². The van der Waals surface area contributed by atoms with Crippen molar-refractivity contribution in [3.8, 4) is 5.75 Å². The van der Waals surface area contributed by atoms with Gasteiger partial charge in [-0.3, -0.25) is 24.8 Å². The van der Waals surface area contributed by atoms with Crippen LogP contribution in [0.1, 0.15) is 68.3 Å². The van der Waals surface area contributed by atoms with E-state index in [1.54, 1.807) is 7.11 Å². The number of fused-ring (bicyclic) bond motifs is 6. The normalized spacial score (nSPS) is 38.4. The number of hydrogen-bond acceptors (Lipinski definition) is 11. The quantitative estimate of drug-likeness (QED) is 0.0714. The summed E-state index contributed by atoms with van der Waals surface area (Å²) in [6.07, 6.45) is 5.73. The second-order valence-corrected chi connectivity index (χ2v) is 17.6. The summed E-state index contributed by atoms with van der Waals surface area (Å²) >= 11 is 0. The van der Waals surface area contributed by atoms with Crippen molar-refractivity contribution in [1.29, 1.82) is 0 Å². The molecule has 2 aromatic carbocycles. The Kier molecular flexibility index (Phi) is 8.56. The van der Waals surface area contributed by atoms with Gasteiger partial charge in [-0.1, -0.05) is 44.2 Å². The maximum Gasteiger partial charge on any atom is 0.322 e. The highest BCUT2D eigenvalue weighted by atomic mass is 16.5. The molecule has 13 nitrogen and oxygen atoms in total. The molecule has 2 bridgehead atoms. The van der Waals surface area contributed by atoms with E-state index in [0.29, 0.717) is 76.0 Å². The van der Waals surface area contributed by atoms with Gasteiger partial charge in [-0.25, -0.2) is 5.84 Å². The number of aliphatic hydroxyl groups excluding tert-OH is 1. The van der Waals surface area contributed by atoms with E-state index in [2.05, 4.69) is 32.3 Å². The van der Waals surface area contributed by atoms with E-state index in [-0.39, 0.29) is 12.0 Å². The smallest absolute Gasteiger partial charge is 0.322 e. The first-order valence-corrected chi connectivity index (χ1v) is 20.3. The second kappa shape index (κ2) is 12.8. The number of esters is 1. The molecule has 2 saturated heterocycles. The number of carbonyl (C=O) groups excluding carboxylic acids is 2. The van der Waals surface area contributed by atoms with Gasteiger partial charge >= 0.3 is 5.97 Å². The van der Waals surface area contributed by atoms with E-state index >= 15 is 4.79 Å². The summed E-state index contributed by atoms with van der Waals surface area (Å²) in [5, 5.41) is 38.3. The van der Waals surface area contributed by atoms with E-state index in [0.717, 1.165) is 40.0 Å². The van der Waals surface area contributed by atoms with Crippen LogP contribution in [-0.2, 0) is 31.6 Å².